The summed E-state index contributed by atoms with van der Waals surface area (Å²) in [6, 6.07) is 9.20. The van der Waals surface area contributed by atoms with Crippen LogP contribution in [-0.2, 0) is 10.0 Å². The molecule has 1 N–H and O–H groups in total. The van der Waals surface area contributed by atoms with Crippen molar-refractivity contribution in [1.29, 1.82) is 0 Å². The Morgan fingerprint density at radius 2 is 1.61 bits per heavy atom. The van der Waals surface area contributed by atoms with Crippen molar-refractivity contribution < 1.29 is 22.4 Å². The highest BCUT2D eigenvalue weighted by Crippen LogP contribution is 2.21. The topological polar surface area (TPSA) is 86.8 Å². The number of benzene rings is 2. The van der Waals surface area contributed by atoms with Crippen molar-refractivity contribution in [3.8, 4) is 0 Å². The molecule has 2 amide bonds. The SMILES string of the molecule is CC(C)NS(=O)(=O)c1cccc(C(=O)N2CCN(C(=O)c3ccc(F)cc3Cl)CC2)c1. The molecule has 2 aromatic carbocycles. The van der Waals surface area contributed by atoms with Gasteiger partial charge < -0.3 is 9.80 Å². The average Bonchev–Trinajstić information content (AvgIpc) is 2.72. The van der Waals surface area contributed by atoms with E-state index in [9.17, 15) is 22.4 Å². The maximum atomic E-state index is 13.2. The molecule has 1 saturated heterocycles. The van der Waals surface area contributed by atoms with Crippen molar-refractivity contribution in [2.75, 3.05) is 26.2 Å². The van der Waals surface area contributed by atoms with E-state index < -0.39 is 15.8 Å². The lowest BCUT2D eigenvalue weighted by molar-refractivity contribution is 0.0535. The van der Waals surface area contributed by atoms with E-state index in [1.807, 2.05) is 0 Å². The number of amides is 2. The highest BCUT2D eigenvalue weighted by Gasteiger charge is 2.27. The zero-order valence-electron chi connectivity index (χ0n) is 17.1. The third kappa shape index (κ3) is 5.41. The van der Waals surface area contributed by atoms with Crippen molar-refractivity contribution in [3.05, 3.63) is 64.4 Å². The number of piperazine rings is 1. The monoisotopic (exact) mass is 467 g/mol. The van der Waals surface area contributed by atoms with E-state index in [-0.39, 0.29) is 65.1 Å². The molecule has 166 valence electrons. The number of sulfonamides is 1. The summed E-state index contributed by atoms with van der Waals surface area (Å²) in [7, 11) is -3.72. The molecule has 0 aromatic heterocycles. The first-order valence-corrected chi connectivity index (χ1v) is 11.6. The highest BCUT2D eigenvalue weighted by molar-refractivity contribution is 7.89. The van der Waals surface area contributed by atoms with Crippen LogP contribution < -0.4 is 4.72 Å². The van der Waals surface area contributed by atoms with E-state index in [0.717, 1.165) is 6.07 Å². The molecular formula is C21H23ClFN3O4S. The van der Waals surface area contributed by atoms with Gasteiger partial charge in [-0.3, -0.25) is 9.59 Å². The standard InChI is InChI=1S/C21H23ClFN3O4S/c1-14(2)24-31(29,30)17-5-3-4-15(12-17)20(27)25-8-10-26(11-9-25)21(28)18-7-6-16(23)13-19(18)22/h3-7,12-14,24H,8-11H2,1-2H3. The molecule has 0 aliphatic carbocycles. The summed E-state index contributed by atoms with van der Waals surface area (Å²) >= 11 is 5.98. The van der Waals surface area contributed by atoms with E-state index >= 15 is 0 Å². The van der Waals surface area contributed by atoms with Gasteiger partial charge >= 0.3 is 0 Å². The van der Waals surface area contributed by atoms with E-state index in [1.54, 1.807) is 29.7 Å². The molecule has 1 aliphatic heterocycles. The Hall–Kier alpha value is -2.49. The number of rotatable bonds is 5. The minimum absolute atomic E-state index is 0.0202. The molecule has 7 nitrogen and oxygen atoms in total. The minimum atomic E-state index is -3.72. The lowest BCUT2D eigenvalue weighted by Crippen LogP contribution is -2.50. The third-order valence-electron chi connectivity index (χ3n) is 4.80. The Morgan fingerprint density at radius 3 is 2.19 bits per heavy atom. The summed E-state index contributed by atoms with van der Waals surface area (Å²) in [6.45, 7) is 4.56. The molecular weight excluding hydrogens is 445 g/mol. The quantitative estimate of drug-likeness (QED) is 0.732. The first-order valence-electron chi connectivity index (χ1n) is 9.74. The second-order valence-electron chi connectivity index (χ2n) is 7.51. The normalized spacial score (nSPS) is 14.7. The van der Waals surface area contributed by atoms with Crippen molar-refractivity contribution >= 4 is 33.4 Å². The van der Waals surface area contributed by atoms with Crippen molar-refractivity contribution in [2.45, 2.75) is 24.8 Å². The van der Waals surface area contributed by atoms with Crippen LogP contribution in [0, 0.1) is 5.82 Å². The smallest absolute Gasteiger partial charge is 0.255 e. The molecule has 0 atom stereocenters. The lowest BCUT2D eigenvalue weighted by atomic mass is 10.1. The van der Waals surface area contributed by atoms with Gasteiger partial charge in [0, 0.05) is 37.8 Å². The number of carbonyl (C=O) groups is 2. The first-order chi connectivity index (χ1) is 14.6. The molecule has 0 radical (unpaired) electrons. The number of nitrogens with one attached hydrogen (secondary N) is 1. The van der Waals surface area contributed by atoms with Crippen LogP contribution in [0.2, 0.25) is 5.02 Å². The van der Waals surface area contributed by atoms with Gasteiger partial charge in [0.2, 0.25) is 10.0 Å². The van der Waals surface area contributed by atoms with Crippen LogP contribution in [0.15, 0.2) is 47.4 Å². The predicted octanol–water partition coefficient (Wildman–Crippen LogP) is 2.76. The van der Waals surface area contributed by atoms with Crippen LogP contribution in [0.25, 0.3) is 0 Å². The number of hydrogen-bond acceptors (Lipinski definition) is 4. The van der Waals surface area contributed by atoms with Crippen LogP contribution in [0.4, 0.5) is 4.39 Å². The van der Waals surface area contributed by atoms with Gasteiger partial charge in [0.15, 0.2) is 0 Å². The fourth-order valence-electron chi connectivity index (χ4n) is 3.30. The first kappa shape index (κ1) is 23.2. The molecule has 1 fully saturated rings. The number of halogens is 2. The molecule has 0 unspecified atom stereocenters. The number of carbonyl (C=O) groups excluding carboxylic acids is 2. The summed E-state index contributed by atoms with van der Waals surface area (Å²) in [5, 5.41) is 0.0385. The molecule has 10 heteroatoms. The second kappa shape index (κ2) is 9.33. The Kier molecular flexibility index (Phi) is 6.98. The second-order valence-corrected chi connectivity index (χ2v) is 9.63. The summed E-state index contributed by atoms with van der Waals surface area (Å²) < 4.78 is 40.5. The van der Waals surface area contributed by atoms with Crippen molar-refractivity contribution in [1.82, 2.24) is 14.5 Å². The van der Waals surface area contributed by atoms with Crippen molar-refractivity contribution in [3.63, 3.8) is 0 Å². The van der Waals surface area contributed by atoms with E-state index in [2.05, 4.69) is 4.72 Å². The van der Waals surface area contributed by atoms with E-state index in [1.165, 1.54) is 30.3 Å². The summed E-state index contributed by atoms with van der Waals surface area (Å²) in [5.74, 6) is -1.16. The Balaban J connectivity index is 1.68. The molecule has 1 heterocycles. The average molecular weight is 468 g/mol. The lowest BCUT2D eigenvalue weighted by Gasteiger charge is -2.35. The van der Waals surface area contributed by atoms with Gasteiger partial charge in [0.05, 0.1) is 15.5 Å². The van der Waals surface area contributed by atoms with Gasteiger partial charge in [-0.15, -0.1) is 0 Å². The predicted molar refractivity (Wildman–Crippen MR) is 115 cm³/mol. The molecule has 2 aromatic rings. The zero-order valence-corrected chi connectivity index (χ0v) is 18.7. The Labute approximate surface area is 185 Å². The molecule has 31 heavy (non-hydrogen) atoms. The van der Waals surface area contributed by atoms with Gasteiger partial charge in [0.25, 0.3) is 11.8 Å². The minimum Gasteiger partial charge on any atom is -0.335 e. The number of nitrogens with zero attached hydrogens (tertiary/aromatic N) is 2. The maximum absolute atomic E-state index is 13.2. The van der Waals surface area contributed by atoms with E-state index in [4.69, 9.17) is 11.6 Å². The highest BCUT2D eigenvalue weighted by atomic mass is 35.5. The zero-order chi connectivity index (χ0) is 22.8. The Morgan fingerprint density at radius 1 is 1.00 bits per heavy atom. The van der Waals surface area contributed by atoms with Gasteiger partial charge in [-0.2, -0.15) is 0 Å². The molecule has 3 rings (SSSR count). The van der Waals surface area contributed by atoms with Gasteiger partial charge in [-0.05, 0) is 50.2 Å². The Bertz CT molecular complexity index is 1100. The van der Waals surface area contributed by atoms with Gasteiger partial charge in [-0.1, -0.05) is 17.7 Å². The molecule has 1 aliphatic rings. The van der Waals surface area contributed by atoms with Crippen LogP contribution >= 0.6 is 11.6 Å². The van der Waals surface area contributed by atoms with Crippen LogP contribution in [0.5, 0.6) is 0 Å². The number of hydrogen-bond donors (Lipinski definition) is 1. The largest absolute Gasteiger partial charge is 0.335 e. The fourth-order valence-corrected chi connectivity index (χ4v) is 4.85. The van der Waals surface area contributed by atoms with Gasteiger partial charge in [-0.25, -0.2) is 17.5 Å². The van der Waals surface area contributed by atoms with Crippen LogP contribution in [-0.4, -0.2) is 62.3 Å². The maximum Gasteiger partial charge on any atom is 0.255 e. The van der Waals surface area contributed by atoms with Gasteiger partial charge in [0.1, 0.15) is 5.82 Å². The molecule has 0 bridgehead atoms. The molecule has 0 saturated carbocycles. The fraction of sp³-hybridized carbons (Fsp3) is 0.333. The summed E-state index contributed by atoms with van der Waals surface area (Å²) in [4.78, 5) is 28.7. The third-order valence-corrected chi connectivity index (χ3v) is 6.77. The molecule has 0 spiro atoms. The van der Waals surface area contributed by atoms with Crippen LogP contribution in [0.3, 0.4) is 0 Å². The van der Waals surface area contributed by atoms with Crippen molar-refractivity contribution in [2.24, 2.45) is 0 Å². The van der Waals surface area contributed by atoms with E-state index in [0.29, 0.717) is 0 Å². The summed E-state index contributed by atoms with van der Waals surface area (Å²) in [6.07, 6.45) is 0. The summed E-state index contributed by atoms with van der Waals surface area (Å²) in [5.41, 5.74) is 0.464. The van der Waals surface area contributed by atoms with Crippen LogP contribution in [0.1, 0.15) is 34.6 Å².